The molecule has 2 rings (SSSR count). The lowest BCUT2D eigenvalue weighted by atomic mass is 10.1. The number of nitrogens with one attached hydrogen (secondary N) is 1. The van der Waals surface area contributed by atoms with Gasteiger partial charge >= 0.3 is 6.18 Å². The quantitative estimate of drug-likeness (QED) is 0.637. The molecule has 2 aromatic rings. The molecule has 0 heterocycles. The Morgan fingerprint density at radius 1 is 1.00 bits per heavy atom. The molecule has 0 aliphatic rings. The minimum Gasteiger partial charge on any atom is -0.399 e. The van der Waals surface area contributed by atoms with Gasteiger partial charge in [0.05, 0.1) is 16.9 Å². The van der Waals surface area contributed by atoms with E-state index in [2.05, 4.69) is 37.2 Å². The number of benzene rings is 2. The largest absolute Gasteiger partial charge is 0.418 e. The summed E-state index contributed by atoms with van der Waals surface area (Å²) in [6, 6.07) is 8.88. The van der Waals surface area contributed by atoms with Crippen LogP contribution in [0.2, 0.25) is 0 Å². The highest BCUT2D eigenvalue weighted by Gasteiger charge is 2.34. The molecule has 0 radical (unpaired) electrons. The van der Waals surface area contributed by atoms with E-state index in [0.717, 1.165) is 6.07 Å². The summed E-state index contributed by atoms with van der Waals surface area (Å²) in [6.07, 6.45) is -4.48. The van der Waals surface area contributed by atoms with Crippen LogP contribution in [0.5, 0.6) is 0 Å². The maximum absolute atomic E-state index is 13.0. The third-order valence-electron chi connectivity index (χ3n) is 2.57. The molecule has 0 saturated heterocycles. The minimum atomic E-state index is -4.48. The summed E-state index contributed by atoms with van der Waals surface area (Å²) >= 11 is 6.59. The first-order valence-electron chi connectivity index (χ1n) is 5.47. The highest BCUT2D eigenvalue weighted by molar-refractivity contribution is 9.11. The van der Waals surface area contributed by atoms with Gasteiger partial charge in [0.1, 0.15) is 0 Å². The summed E-state index contributed by atoms with van der Waals surface area (Å²) in [7, 11) is 0. The molecule has 0 aliphatic carbocycles. The number of hydrogen-bond acceptors (Lipinski definition) is 2. The smallest absolute Gasteiger partial charge is 0.399 e. The molecule has 106 valence electrons. The maximum Gasteiger partial charge on any atom is 0.418 e. The van der Waals surface area contributed by atoms with Crippen molar-refractivity contribution in [1.29, 1.82) is 0 Å². The van der Waals surface area contributed by atoms with Crippen LogP contribution in [0.3, 0.4) is 0 Å². The number of hydrogen-bond donors (Lipinski definition) is 2. The summed E-state index contributed by atoms with van der Waals surface area (Å²) in [5.41, 5.74) is 5.15. The molecular formula is C13H9Br2F3N2. The van der Waals surface area contributed by atoms with Gasteiger partial charge in [0.25, 0.3) is 0 Å². The predicted octanol–water partition coefficient (Wildman–Crippen LogP) is 5.56. The Balaban J connectivity index is 2.49. The van der Waals surface area contributed by atoms with Crippen LogP contribution in [0.15, 0.2) is 45.3 Å². The standard InChI is InChI=1S/C13H9Br2F3N2/c14-9-2-1-3-10(15)12(9)20-11-5-4-7(19)6-8(11)13(16,17)18/h1-6,20H,19H2. The normalized spacial score (nSPS) is 11.4. The van der Waals surface area contributed by atoms with Gasteiger partial charge in [0.2, 0.25) is 0 Å². The van der Waals surface area contributed by atoms with Crippen LogP contribution in [0, 0.1) is 0 Å². The molecule has 7 heteroatoms. The fourth-order valence-electron chi connectivity index (χ4n) is 1.66. The van der Waals surface area contributed by atoms with E-state index in [1.165, 1.54) is 12.1 Å². The predicted molar refractivity (Wildman–Crippen MR) is 81.0 cm³/mol. The van der Waals surface area contributed by atoms with Gasteiger partial charge in [-0.15, -0.1) is 0 Å². The van der Waals surface area contributed by atoms with Crippen molar-refractivity contribution in [3.8, 4) is 0 Å². The SMILES string of the molecule is Nc1ccc(Nc2c(Br)cccc2Br)c(C(F)(F)F)c1. The molecule has 0 unspecified atom stereocenters. The van der Waals surface area contributed by atoms with Crippen LogP contribution in [0.4, 0.5) is 30.2 Å². The van der Waals surface area contributed by atoms with Crippen molar-refractivity contribution in [2.75, 3.05) is 11.1 Å². The number of alkyl halides is 3. The number of nitrogen functional groups attached to an aromatic ring is 1. The monoisotopic (exact) mass is 408 g/mol. The van der Waals surface area contributed by atoms with Gasteiger partial charge in [-0.2, -0.15) is 13.2 Å². The molecule has 0 fully saturated rings. The summed E-state index contributed by atoms with van der Waals surface area (Å²) < 4.78 is 40.3. The molecule has 0 saturated carbocycles. The summed E-state index contributed by atoms with van der Waals surface area (Å²) in [5.74, 6) is 0. The fourth-order valence-corrected chi connectivity index (χ4v) is 2.85. The van der Waals surface area contributed by atoms with E-state index in [0.29, 0.717) is 14.6 Å². The van der Waals surface area contributed by atoms with Crippen LogP contribution in [0.1, 0.15) is 5.56 Å². The van der Waals surface area contributed by atoms with E-state index >= 15 is 0 Å². The second-order valence-electron chi connectivity index (χ2n) is 4.02. The minimum absolute atomic E-state index is 0.0562. The van der Waals surface area contributed by atoms with Crippen LogP contribution >= 0.6 is 31.9 Å². The molecular weight excluding hydrogens is 401 g/mol. The fraction of sp³-hybridized carbons (Fsp3) is 0.0769. The topological polar surface area (TPSA) is 38.0 Å². The summed E-state index contributed by atoms with van der Waals surface area (Å²) in [4.78, 5) is 0. The maximum atomic E-state index is 13.0. The van der Waals surface area contributed by atoms with Gasteiger partial charge in [0.15, 0.2) is 0 Å². The first kappa shape index (κ1) is 15.2. The summed E-state index contributed by atoms with van der Waals surface area (Å²) in [5, 5.41) is 2.77. The van der Waals surface area contributed by atoms with E-state index in [1.54, 1.807) is 18.2 Å². The third kappa shape index (κ3) is 3.27. The molecule has 3 N–H and O–H groups in total. The van der Waals surface area contributed by atoms with Crippen LogP contribution in [0.25, 0.3) is 0 Å². The second-order valence-corrected chi connectivity index (χ2v) is 5.73. The number of nitrogens with two attached hydrogens (primary N) is 1. The van der Waals surface area contributed by atoms with Crippen molar-refractivity contribution in [1.82, 2.24) is 0 Å². The average Bonchev–Trinajstić information content (AvgIpc) is 2.34. The van der Waals surface area contributed by atoms with E-state index in [9.17, 15) is 13.2 Å². The van der Waals surface area contributed by atoms with Crippen molar-refractivity contribution in [3.05, 3.63) is 50.9 Å². The molecule has 0 aromatic heterocycles. The Bertz CT molecular complexity index is 622. The zero-order valence-corrected chi connectivity index (χ0v) is 13.1. The van der Waals surface area contributed by atoms with Crippen molar-refractivity contribution in [2.24, 2.45) is 0 Å². The van der Waals surface area contributed by atoms with Gasteiger partial charge in [-0.05, 0) is 62.2 Å². The molecule has 0 atom stereocenters. The third-order valence-corrected chi connectivity index (χ3v) is 3.89. The van der Waals surface area contributed by atoms with Crippen molar-refractivity contribution in [2.45, 2.75) is 6.18 Å². The Labute approximate surface area is 130 Å². The van der Waals surface area contributed by atoms with Crippen molar-refractivity contribution < 1.29 is 13.2 Å². The van der Waals surface area contributed by atoms with E-state index in [4.69, 9.17) is 5.73 Å². The first-order valence-corrected chi connectivity index (χ1v) is 7.05. The Hall–Kier alpha value is -1.21. The Morgan fingerprint density at radius 2 is 1.60 bits per heavy atom. The zero-order valence-electron chi connectivity index (χ0n) is 9.93. The Kier molecular flexibility index (Phi) is 4.29. The van der Waals surface area contributed by atoms with E-state index < -0.39 is 11.7 Å². The van der Waals surface area contributed by atoms with Crippen LogP contribution in [-0.4, -0.2) is 0 Å². The summed E-state index contributed by atoms with van der Waals surface area (Å²) in [6.45, 7) is 0. The number of halogens is 5. The van der Waals surface area contributed by atoms with Gasteiger partial charge in [0, 0.05) is 14.6 Å². The van der Waals surface area contributed by atoms with E-state index in [1.807, 2.05) is 0 Å². The van der Waals surface area contributed by atoms with Gasteiger partial charge < -0.3 is 11.1 Å². The molecule has 2 aromatic carbocycles. The van der Waals surface area contributed by atoms with Gasteiger partial charge in [-0.1, -0.05) is 6.07 Å². The lowest BCUT2D eigenvalue weighted by Crippen LogP contribution is -2.10. The van der Waals surface area contributed by atoms with Crippen molar-refractivity contribution >= 4 is 48.9 Å². The Morgan fingerprint density at radius 3 is 2.15 bits per heavy atom. The molecule has 0 aliphatic heterocycles. The highest BCUT2D eigenvalue weighted by Crippen LogP contribution is 2.40. The molecule has 2 nitrogen and oxygen atoms in total. The molecule has 0 spiro atoms. The van der Waals surface area contributed by atoms with Gasteiger partial charge in [-0.25, -0.2) is 0 Å². The number of rotatable bonds is 2. The molecule has 0 bridgehead atoms. The average molecular weight is 410 g/mol. The molecule has 20 heavy (non-hydrogen) atoms. The van der Waals surface area contributed by atoms with Gasteiger partial charge in [-0.3, -0.25) is 0 Å². The van der Waals surface area contributed by atoms with Crippen LogP contribution in [-0.2, 0) is 6.18 Å². The number of para-hydroxylation sites is 1. The van der Waals surface area contributed by atoms with Crippen LogP contribution < -0.4 is 11.1 Å². The first-order chi connectivity index (χ1) is 9.29. The highest BCUT2D eigenvalue weighted by atomic mass is 79.9. The molecule has 0 amide bonds. The number of anilines is 3. The zero-order chi connectivity index (χ0) is 14.9. The van der Waals surface area contributed by atoms with E-state index in [-0.39, 0.29) is 11.4 Å². The van der Waals surface area contributed by atoms with Crippen molar-refractivity contribution in [3.63, 3.8) is 0 Å². The lowest BCUT2D eigenvalue weighted by molar-refractivity contribution is -0.136. The second kappa shape index (κ2) is 5.65. The lowest BCUT2D eigenvalue weighted by Gasteiger charge is -2.17.